The van der Waals surface area contributed by atoms with Crippen LogP contribution in [0, 0.1) is 0 Å². The molecule has 0 aliphatic heterocycles. The molecule has 3 aromatic rings. The number of benzene rings is 1. The summed E-state index contributed by atoms with van der Waals surface area (Å²) in [6.07, 6.45) is 3.92. The minimum atomic E-state index is -0.659. The Morgan fingerprint density at radius 1 is 1.22 bits per heavy atom. The van der Waals surface area contributed by atoms with E-state index in [-0.39, 0.29) is 11.8 Å². The monoisotopic (exact) mass is 366 g/mol. The number of H-pyrrole nitrogens is 1. The number of nitrogens with zero attached hydrogens (tertiary/aromatic N) is 1. The molecule has 0 radical (unpaired) electrons. The predicted molar refractivity (Wildman–Crippen MR) is 102 cm³/mol. The van der Waals surface area contributed by atoms with Crippen LogP contribution in [0.5, 0.6) is 5.88 Å². The molecule has 1 unspecified atom stereocenters. The van der Waals surface area contributed by atoms with Crippen LogP contribution in [0.1, 0.15) is 18.1 Å². The smallest absolute Gasteiger partial charge is 0.243 e. The summed E-state index contributed by atoms with van der Waals surface area (Å²) in [7, 11) is 1.55. The van der Waals surface area contributed by atoms with Gasteiger partial charge in [0, 0.05) is 49.3 Å². The molecule has 0 fully saturated rings. The molecule has 2 amide bonds. The Labute approximate surface area is 157 Å². The van der Waals surface area contributed by atoms with E-state index in [9.17, 15) is 9.59 Å². The first kappa shape index (κ1) is 18.4. The Morgan fingerprint density at radius 3 is 2.74 bits per heavy atom. The summed E-state index contributed by atoms with van der Waals surface area (Å²) in [5.41, 5.74) is 2.82. The van der Waals surface area contributed by atoms with Crippen LogP contribution >= 0.6 is 0 Å². The van der Waals surface area contributed by atoms with Crippen molar-refractivity contribution < 1.29 is 14.3 Å². The lowest BCUT2D eigenvalue weighted by atomic mass is 10.0. The number of hydrogen-bond acceptors (Lipinski definition) is 4. The molecule has 140 valence electrons. The molecule has 1 atom stereocenters. The standard InChI is InChI=1S/C20H22N4O3/c1-13(25)24-18(9-15-12-21-17-6-4-3-5-16(15)17)20(26)23-11-14-7-8-19(27-2)22-10-14/h3-8,10,12,18,21H,9,11H2,1-2H3,(H,23,26)(H,24,25). The number of aromatic amines is 1. The van der Waals surface area contributed by atoms with Gasteiger partial charge in [0.15, 0.2) is 0 Å². The summed E-state index contributed by atoms with van der Waals surface area (Å²) < 4.78 is 5.02. The number of rotatable bonds is 7. The zero-order valence-electron chi connectivity index (χ0n) is 15.3. The van der Waals surface area contributed by atoms with Gasteiger partial charge in [-0.1, -0.05) is 24.3 Å². The molecule has 0 aliphatic carbocycles. The molecule has 7 nitrogen and oxygen atoms in total. The van der Waals surface area contributed by atoms with E-state index in [2.05, 4.69) is 20.6 Å². The first-order valence-corrected chi connectivity index (χ1v) is 8.65. The third-order valence-electron chi connectivity index (χ3n) is 4.27. The summed E-state index contributed by atoms with van der Waals surface area (Å²) in [5.74, 6) is 0.0212. The van der Waals surface area contributed by atoms with Crippen LogP contribution in [-0.2, 0) is 22.6 Å². The number of pyridine rings is 1. The normalized spacial score (nSPS) is 11.8. The Balaban J connectivity index is 1.69. The van der Waals surface area contributed by atoms with E-state index in [0.29, 0.717) is 18.8 Å². The molecule has 27 heavy (non-hydrogen) atoms. The number of aromatic nitrogens is 2. The number of carbonyl (C=O) groups is 2. The van der Waals surface area contributed by atoms with Crippen molar-refractivity contribution in [1.29, 1.82) is 0 Å². The van der Waals surface area contributed by atoms with Gasteiger partial charge in [0.1, 0.15) is 6.04 Å². The highest BCUT2D eigenvalue weighted by atomic mass is 16.5. The van der Waals surface area contributed by atoms with Crippen LogP contribution in [0.25, 0.3) is 10.9 Å². The average molecular weight is 366 g/mol. The molecule has 2 heterocycles. The van der Waals surface area contributed by atoms with Crippen molar-refractivity contribution in [2.24, 2.45) is 0 Å². The molecule has 0 saturated carbocycles. The van der Waals surface area contributed by atoms with Gasteiger partial charge < -0.3 is 20.4 Å². The van der Waals surface area contributed by atoms with Gasteiger partial charge in [-0.15, -0.1) is 0 Å². The van der Waals surface area contributed by atoms with Gasteiger partial charge in [-0.25, -0.2) is 4.98 Å². The maximum atomic E-state index is 12.7. The Hall–Kier alpha value is -3.35. The SMILES string of the molecule is COc1ccc(CNC(=O)C(Cc2c[nH]c3ccccc23)NC(C)=O)cn1. The fraction of sp³-hybridized carbons (Fsp3) is 0.250. The van der Waals surface area contributed by atoms with E-state index in [0.717, 1.165) is 22.0 Å². The molecule has 3 N–H and O–H groups in total. The van der Waals surface area contributed by atoms with E-state index in [4.69, 9.17) is 4.74 Å². The summed E-state index contributed by atoms with van der Waals surface area (Å²) in [5, 5.41) is 6.64. The summed E-state index contributed by atoms with van der Waals surface area (Å²) in [4.78, 5) is 31.5. The van der Waals surface area contributed by atoms with E-state index >= 15 is 0 Å². The quantitative estimate of drug-likeness (QED) is 0.595. The zero-order chi connectivity index (χ0) is 19.2. The van der Waals surface area contributed by atoms with Crippen LogP contribution in [0.15, 0.2) is 48.8 Å². The van der Waals surface area contributed by atoms with Crippen molar-refractivity contribution in [3.8, 4) is 5.88 Å². The van der Waals surface area contributed by atoms with Crippen LogP contribution in [0.4, 0.5) is 0 Å². The highest BCUT2D eigenvalue weighted by molar-refractivity contribution is 5.89. The van der Waals surface area contributed by atoms with Crippen molar-refractivity contribution in [2.45, 2.75) is 25.9 Å². The van der Waals surface area contributed by atoms with Crippen LogP contribution in [0.2, 0.25) is 0 Å². The third kappa shape index (κ3) is 4.63. The van der Waals surface area contributed by atoms with E-state index in [1.54, 1.807) is 19.4 Å². The molecule has 0 aliphatic rings. The number of ether oxygens (including phenoxy) is 1. The average Bonchev–Trinajstić information content (AvgIpc) is 3.08. The molecule has 0 saturated heterocycles. The van der Waals surface area contributed by atoms with Gasteiger partial charge in [0.2, 0.25) is 17.7 Å². The Bertz CT molecular complexity index is 934. The van der Waals surface area contributed by atoms with Gasteiger partial charge >= 0.3 is 0 Å². The second-order valence-electron chi connectivity index (χ2n) is 6.24. The summed E-state index contributed by atoms with van der Waals surface area (Å²) in [6.45, 7) is 1.72. The van der Waals surface area contributed by atoms with Gasteiger partial charge in [0.05, 0.1) is 7.11 Å². The van der Waals surface area contributed by atoms with Crippen molar-refractivity contribution in [1.82, 2.24) is 20.6 Å². The largest absolute Gasteiger partial charge is 0.481 e. The minimum absolute atomic E-state index is 0.244. The second-order valence-corrected chi connectivity index (χ2v) is 6.24. The molecule has 1 aromatic carbocycles. The van der Waals surface area contributed by atoms with Crippen molar-refractivity contribution in [3.63, 3.8) is 0 Å². The molecule has 2 aromatic heterocycles. The van der Waals surface area contributed by atoms with Crippen LogP contribution in [-0.4, -0.2) is 34.9 Å². The van der Waals surface area contributed by atoms with E-state index < -0.39 is 6.04 Å². The van der Waals surface area contributed by atoms with Gasteiger partial charge in [-0.05, 0) is 17.2 Å². The summed E-state index contributed by atoms with van der Waals surface area (Å²) in [6, 6.07) is 10.8. The Kier molecular flexibility index (Phi) is 5.71. The maximum Gasteiger partial charge on any atom is 0.243 e. The van der Waals surface area contributed by atoms with Crippen LogP contribution in [0.3, 0.4) is 0 Å². The number of fused-ring (bicyclic) bond motifs is 1. The van der Waals surface area contributed by atoms with Crippen molar-refractivity contribution >= 4 is 22.7 Å². The molecule has 7 heteroatoms. The fourth-order valence-electron chi connectivity index (χ4n) is 2.92. The van der Waals surface area contributed by atoms with E-state index in [1.165, 1.54) is 6.92 Å². The number of methoxy groups -OCH3 is 1. The molecule has 3 rings (SSSR count). The van der Waals surface area contributed by atoms with Crippen molar-refractivity contribution in [3.05, 3.63) is 59.9 Å². The number of hydrogen-bond donors (Lipinski definition) is 3. The predicted octanol–water partition coefficient (Wildman–Crippen LogP) is 1.94. The van der Waals surface area contributed by atoms with E-state index in [1.807, 2.05) is 36.5 Å². The highest BCUT2D eigenvalue weighted by Crippen LogP contribution is 2.19. The van der Waals surface area contributed by atoms with Gasteiger partial charge in [-0.2, -0.15) is 0 Å². The zero-order valence-corrected chi connectivity index (χ0v) is 15.3. The number of amides is 2. The van der Waals surface area contributed by atoms with Crippen LogP contribution < -0.4 is 15.4 Å². The molecule has 0 bridgehead atoms. The topological polar surface area (TPSA) is 96.1 Å². The second kappa shape index (κ2) is 8.35. The summed E-state index contributed by atoms with van der Waals surface area (Å²) >= 11 is 0. The highest BCUT2D eigenvalue weighted by Gasteiger charge is 2.21. The first-order chi connectivity index (χ1) is 13.1. The minimum Gasteiger partial charge on any atom is -0.481 e. The first-order valence-electron chi connectivity index (χ1n) is 8.65. The number of nitrogens with one attached hydrogen (secondary N) is 3. The number of para-hydroxylation sites is 1. The molecule has 0 spiro atoms. The molecular weight excluding hydrogens is 344 g/mol. The number of carbonyl (C=O) groups excluding carboxylic acids is 2. The van der Waals surface area contributed by atoms with Gasteiger partial charge in [-0.3, -0.25) is 9.59 Å². The van der Waals surface area contributed by atoms with Crippen molar-refractivity contribution in [2.75, 3.05) is 7.11 Å². The van der Waals surface area contributed by atoms with Gasteiger partial charge in [0.25, 0.3) is 0 Å². The Morgan fingerprint density at radius 2 is 2.04 bits per heavy atom. The maximum absolute atomic E-state index is 12.7. The fourth-order valence-corrected chi connectivity index (χ4v) is 2.92. The lowest BCUT2D eigenvalue weighted by Gasteiger charge is -2.17. The lowest BCUT2D eigenvalue weighted by Crippen LogP contribution is -2.47. The lowest BCUT2D eigenvalue weighted by molar-refractivity contribution is -0.128. The molecular formula is C20H22N4O3. The third-order valence-corrected chi connectivity index (χ3v) is 4.27.